The van der Waals surface area contributed by atoms with E-state index in [0.717, 1.165) is 5.57 Å². The molecule has 1 aliphatic carbocycles. The van der Waals surface area contributed by atoms with Crippen LogP contribution in [-0.4, -0.2) is 36.9 Å². The highest BCUT2D eigenvalue weighted by Crippen LogP contribution is 2.55. The van der Waals surface area contributed by atoms with Crippen molar-refractivity contribution >= 4 is 11.7 Å². The summed E-state index contributed by atoms with van der Waals surface area (Å²) in [6.45, 7) is 6.72. The minimum Gasteiger partial charge on any atom is -0.461 e. The summed E-state index contributed by atoms with van der Waals surface area (Å²) >= 11 is 0. The van der Waals surface area contributed by atoms with E-state index in [2.05, 4.69) is 6.58 Å². The van der Waals surface area contributed by atoms with Gasteiger partial charge in [0.15, 0.2) is 0 Å². The number of carbonyl (C=O) groups is 1. The first-order valence-electron chi connectivity index (χ1n) is 10.2. The minimum absolute atomic E-state index is 0.145. The number of piperidine rings is 1. The van der Waals surface area contributed by atoms with E-state index in [1.54, 1.807) is 31.2 Å². The van der Waals surface area contributed by atoms with Gasteiger partial charge in [0.05, 0.1) is 5.92 Å². The first kappa shape index (κ1) is 21.4. The average Bonchev–Trinajstić information content (AvgIpc) is 3.01. The topological polar surface area (TPSA) is 49.8 Å². The van der Waals surface area contributed by atoms with Crippen molar-refractivity contribution in [3.8, 4) is 11.1 Å². The van der Waals surface area contributed by atoms with Gasteiger partial charge in [-0.1, -0.05) is 36.9 Å². The number of anilines is 1. The van der Waals surface area contributed by atoms with Crippen molar-refractivity contribution in [2.24, 2.45) is 5.92 Å². The molecule has 164 valence electrons. The van der Waals surface area contributed by atoms with Crippen LogP contribution < -0.4 is 4.90 Å². The van der Waals surface area contributed by atoms with Gasteiger partial charge in [0.2, 0.25) is 5.60 Å². The molecule has 1 fully saturated rings. The summed E-state index contributed by atoms with van der Waals surface area (Å²) < 4.78 is 47.3. The summed E-state index contributed by atoms with van der Waals surface area (Å²) in [4.78, 5) is 14.1. The molecule has 2 aliphatic rings. The molecule has 0 bridgehead atoms. The molecule has 1 atom stereocenters. The monoisotopic (exact) mass is 431 g/mol. The number of fused-ring (bicyclic) bond motifs is 3. The summed E-state index contributed by atoms with van der Waals surface area (Å²) in [5.41, 5.74) is -1.19. The quantitative estimate of drug-likeness (QED) is 0.558. The van der Waals surface area contributed by atoms with E-state index in [9.17, 15) is 23.1 Å². The second-order valence-electron chi connectivity index (χ2n) is 8.31. The lowest BCUT2D eigenvalue weighted by atomic mass is 9.90. The highest BCUT2D eigenvalue weighted by atomic mass is 19.4. The molecule has 1 unspecified atom stereocenters. The van der Waals surface area contributed by atoms with E-state index in [1.165, 1.54) is 18.2 Å². The molecule has 0 saturated carbocycles. The molecule has 1 heterocycles. The standard InChI is InChI=1S/C24H24F3NO3/c1-15(2)14-31-22(29)16-9-11-28(12-10-16)17-7-8-19-18-5-3-4-6-20(18)23(30,21(19)13-17)24(25,26)27/h3-8,13,16,30H,1,9-12,14H2,2H3. The van der Waals surface area contributed by atoms with E-state index in [0.29, 0.717) is 42.7 Å². The Labute approximate surface area is 178 Å². The highest BCUT2D eigenvalue weighted by molar-refractivity contribution is 5.82. The van der Waals surface area contributed by atoms with Gasteiger partial charge in [-0.2, -0.15) is 13.2 Å². The smallest absolute Gasteiger partial charge is 0.425 e. The predicted octanol–water partition coefficient (Wildman–Crippen LogP) is 4.80. The molecule has 4 nitrogen and oxygen atoms in total. The zero-order valence-corrected chi connectivity index (χ0v) is 17.2. The molecule has 2 aromatic rings. The van der Waals surface area contributed by atoms with E-state index in [4.69, 9.17) is 4.74 Å². The molecule has 0 aromatic heterocycles. The van der Waals surface area contributed by atoms with Gasteiger partial charge >= 0.3 is 12.1 Å². The Hall–Kier alpha value is -2.80. The Morgan fingerprint density at radius 2 is 1.81 bits per heavy atom. The maximum atomic E-state index is 14.0. The van der Waals surface area contributed by atoms with Crippen molar-refractivity contribution in [3.05, 3.63) is 65.7 Å². The average molecular weight is 431 g/mol. The predicted molar refractivity (Wildman–Crippen MR) is 112 cm³/mol. The molecule has 0 amide bonds. The maximum Gasteiger partial charge on any atom is 0.425 e. The number of carbonyl (C=O) groups excluding carboxylic acids is 1. The summed E-state index contributed by atoms with van der Waals surface area (Å²) in [6, 6.07) is 10.9. The van der Waals surface area contributed by atoms with Crippen LogP contribution >= 0.6 is 0 Å². The molecule has 0 radical (unpaired) electrons. The summed E-state index contributed by atoms with van der Waals surface area (Å²) in [7, 11) is 0. The SMILES string of the molecule is C=C(C)COC(=O)C1CCN(c2ccc3c(c2)C(O)(C(F)(F)F)c2ccccc2-3)CC1. The van der Waals surface area contributed by atoms with Gasteiger partial charge in [-0.05, 0) is 48.6 Å². The van der Waals surface area contributed by atoms with Gasteiger partial charge in [-0.3, -0.25) is 4.79 Å². The van der Waals surface area contributed by atoms with E-state index in [-0.39, 0.29) is 29.6 Å². The van der Waals surface area contributed by atoms with Gasteiger partial charge < -0.3 is 14.7 Å². The summed E-state index contributed by atoms with van der Waals surface area (Å²) in [6.07, 6.45) is -3.75. The van der Waals surface area contributed by atoms with Gasteiger partial charge in [0.1, 0.15) is 6.61 Å². The fraction of sp³-hybridized carbons (Fsp3) is 0.375. The van der Waals surface area contributed by atoms with Crippen molar-refractivity contribution in [3.63, 3.8) is 0 Å². The Morgan fingerprint density at radius 1 is 1.16 bits per heavy atom. The molecule has 4 rings (SSSR count). The Morgan fingerprint density at radius 3 is 2.45 bits per heavy atom. The van der Waals surface area contributed by atoms with Crippen LogP contribution in [0, 0.1) is 5.92 Å². The van der Waals surface area contributed by atoms with Gasteiger partial charge in [0, 0.05) is 29.9 Å². The maximum absolute atomic E-state index is 14.0. The fourth-order valence-corrected chi connectivity index (χ4v) is 4.43. The zero-order chi connectivity index (χ0) is 22.4. The fourth-order valence-electron chi connectivity index (χ4n) is 4.43. The number of benzene rings is 2. The molecule has 7 heteroatoms. The molecule has 1 N–H and O–H groups in total. The number of hydrogen-bond donors (Lipinski definition) is 1. The van der Waals surface area contributed by atoms with Crippen molar-refractivity contribution in [1.82, 2.24) is 0 Å². The number of halogens is 3. The number of ether oxygens (including phenoxy) is 1. The molecule has 1 saturated heterocycles. The summed E-state index contributed by atoms with van der Waals surface area (Å²) in [5.74, 6) is -0.500. The second kappa shape index (κ2) is 7.71. The van der Waals surface area contributed by atoms with Crippen LogP contribution in [0.4, 0.5) is 18.9 Å². The minimum atomic E-state index is -4.85. The van der Waals surface area contributed by atoms with Crippen LogP contribution in [0.3, 0.4) is 0 Å². The number of hydrogen-bond acceptors (Lipinski definition) is 4. The lowest BCUT2D eigenvalue weighted by Gasteiger charge is -2.34. The van der Waals surface area contributed by atoms with Crippen molar-refractivity contribution in [1.29, 1.82) is 0 Å². The van der Waals surface area contributed by atoms with Crippen molar-refractivity contribution in [2.45, 2.75) is 31.5 Å². The molecular weight excluding hydrogens is 407 g/mol. The Balaban J connectivity index is 1.58. The third-order valence-electron chi connectivity index (χ3n) is 6.06. The summed E-state index contributed by atoms with van der Waals surface area (Å²) in [5, 5.41) is 10.9. The van der Waals surface area contributed by atoms with Crippen LogP contribution in [0.1, 0.15) is 30.9 Å². The van der Waals surface area contributed by atoms with Crippen LogP contribution in [-0.2, 0) is 15.1 Å². The van der Waals surface area contributed by atoms with E-state index >= 15 is 0 Å². The number of alkyl halides is 3. The number of esters is 1. The van der Waals surface area contributed by atoms with Gasteiger partial charge in [-0.15, -0.1) is 0 Å². The van der Waals surface area contributed by atoms with Crippen LogP contribution in [0.5, 0.6) is 0 Å². The molecule has 2 aromatic carbocycles. The zero-order valence-electron chi connectivity index (χ0n) is 17.2. The lowest BCUT2D eigenvalue weighted by Crippen LogP contribution is -2.42. The van der Waals surface area contributed by atoms with E-state index < -0.39 is 11.8 Å². The van der Waals surface area contributed by atoms with Gasteiger partial charge in [0.25, 0.3) is 0 Å². The Bertz CT molecular complexity index is 1020. The number of aliphatic hydroxyl groups is 1. The van der Waals surface area contributed by atoms with Crippen LogP contribution in [0.15, 0.2) is 54.6 Å². The Kier molecular flexibility index (Phi) is 5.33. The van der Waals surface area contributed by atoms with Gasteiger partial charge in [-0.25, -0.2) is 0 Å². The third-order valence-corrected chi connectivity index (χ3v) is 6.06. The highest BCUT2D eigenvalue weighted by Gasteiger charge is 2.60. The second-order valence-corrected chi connectivity index (χ2v) is 8.31. The van der Waals surface area contributed by atoms with Crippen molar-refractivity contribution in [2.75, 3.05) is 24.6 Å². The lowest BCUT2D eigenvalue weighted by molar-refractivity contribution is -0.246. The molecular formula is C24H24F3NO3. The molecule has 31 heavy (non-hydrogen) atoms. The molecule has 0 spiro atoms. The number of rotatable bonds is 4. The number of nitrogens with zero attached hydrogens (tertiary/aromatic N) is 1. The molecule has 1 aliphatic heterocycles. The van der Waals surface area contributed by atoms with Crippen molar-refractivity contribution < 1.29 is 27.8 Å². The van der Waals surface area contributed by atoms with E-state index in [1.807, 2.05) is 4.90 Å². The van der Waals surface area contributed by atoms with Crippen LogP contribution in [0.25, 0.3) is 11.1 Å². The normalized spacial score (nSPS) is 20.9. The first-order valence-corrected chi connectivity index (χ1v) is 10.2. The first-order chi connectivity index (χ1) is 14.6. The largest absolute Gasteiger partial charge is 0.461 e. The third kappa shape index (κ3) is 3.61. The van der Waals surface area contributed by atoms with Crippen LogP contribution in [0.2, 0.25) is 0 Å².